The van der Waals surface area contributed by atoms with Crippen molar-refractivity contribution in [2.75, 3.05) is 4.90 Å². The van der Waals surface area contributed by atoms with Gasteiger partial charge in [-0.15, -0.1) is 0 Å². The lowest BCUT2D eigenvalue weighted by molar-refractivity contribution is -0.113. The summed E-state index contributed by atoms with van der Waals surface area (Å²) in [5.41, 5.74) is 4.68. The highest BCUT2D eigenvalue weighted by atomic mass is 32.2. The van der Waals surface area contributed by atoms with Crippen molar-refractivity contribution < 1.29 is 14.3 Å². The van der Waals surface area contributed by atoms with Gasteiger partial charge < -0.3 is 4.74 Å². The zero-order chi connectivity index (χ0) is 21.1. The molecule has 0 spiro atoms. The second-order valence-electron chi connectivity index (χ2n) is 7.15. The van der Waals surface area contributed by atoms with Crippen LogP contribution in [-0.2, 0) is 11.4 Å². The molecule has 0 saturated carbocycles. The molecule has 2 amide bonds. The van der Waals surface area contributed by atoms with Gasteiger partial charge in [0.1, 0.15) is 12.4 Å². The number of carbonyl (C=O) groups excluding carboxylic acids is 2. The Bertz CT molecular complexity index is 1120. The summed E-state index contributed by atoms with van der Waals surface area (Å²) >= 11 is 0.960. The largest absolute Gasteiger partial charge is 0.489 e. The second-order valence-corrected chi connectivity index (χ2v) is 8.14. The third-order valence-corrected chi connectivity index (χ3v) is 5.72. The molecule has 30 heavy (non-hydrogen) atoms. The molecule has 1 heterocycles. The van der Waals surface area contributed by atoms with Crippen LogP contribution in [0.5, 0.6) is 5.75 Å². The van der Waals surface area contributed by atoms with E-state index in [0.717, 1.165) is 34.2 Å². The van der Waals surface area contributed by atoms with E-state index in [4.69, 9.17) is 4.74 Å². The van der Waals surface area contributed by atoms with Crippen LogP contribution >= 0.6 is 11.8 Å². The predicted octanol–water partition coefficient (Wildman–Crippen LogP) is 6.12. The third kappa shape index (κ3) is 4.31. The number of imide groups is 1. The molecule has 0 aliphatic carbocycles. The van der Waals surface area contributed by atoms with Gasteiger partial charge in [-0.3, -0.25) is 9.59 Å². The quantitative estimate of drug-likeness (QED) is 0.471. The number of ether oxygens (including phenoxy) is 1. The number of rotatable bonds is 5. The van der Waals surface area contributed by atoms with Crippen LogP contribution in [0.15, 0.2) is 77.7 Å². The maximum Gasteiger partial charge on any atom is 0.298 e. The fourth-order valence-electron chi connectivity index (χ4n) is 3.15. The van der Waals surface area contributed by atoms with Crippen molar-refractivity contribution in [3.05, 3.63) is 100.0 Å². The first-order chi connectivity index (χ1) is 14.5. The van der Waals surface area contributed by atoms with Crippen LogP contribution in [0.2, 0.25) is 0 Å². The number of benzene rings is 3. The summed E-state index contributed by atoms with van der Waals surface area (Å²) in [5.74, 6) is 0.458. The number of para-hydroxylation sites is 1. The highest BCUT2D eigenvalue weighted by molar-refractivity contribution is 8.19. The molecule has 0 N–H and O–H groups in total. The van der Waals surface area contributed by atoms with E-state index in [1.54, 1.807) is 12.1 Å². The average molecular weight is 416 g/mol. The highest BCUT2D eigenvalue weighted by Crippen LogP contribution is 2.37. The molecule has 0 radical (unpaired) electrons. The van der Waals surface area contributed by atoms with Gasteiger partial charge in [0, 0.05) is 0 Å². The van der Waals surface area contributed by atoms with E-state index in [1.807, 2.05) is 61.5 Å². The standard InChI is InChI=1S/C25H21NO3S/c1-17-7-9-20(10-8-17)16-29-21-13-11-19(12-14-21)15-23-24(27)26(25(28)30-23)22-6-4-3-5-18(22)2/h3-15H,16H2,1-2H3/b23-15-. The van der Waals surface area contributed by atoms with Crippen LogP contribution in [0, 0.1) is 13.8 Å². The number of thioether (sulfide) groups is 1. The summed E-state index contributed by atoms with van der Waals surface area (Å²) in [5, 5.41) is -0.279. The number of amides is 2. The minimum absolute atomic E-state index is 0.279. The van der Waals surface area contributed by atoms with Crippen molar-refractivity contribution in [2.45, 2.75) is 20.5 Å². The topological polar surface area (TPSA) is 46.6 Å². The SMILES string of the molecule is Cc1ccc(COc2ccc(/C=C3\SC(=O)N(c4ccccc4C)C3=O)cc2)cc1. The molecule has 1 saturated heterocycles. The van der Waals surface area contributed by atoms with Gasteiger partial charge in [0.25, 0.3) is 11.1 Å². The fraction of sp³-hybridized carbons (Fsp3) is 0.120. The zero-order valence-electron chi connectivity index (χ0n) is 16.8. The van der Waals surface area contributed by atoms with Crippen LogP contribution in [0.1, 0.15) is 22.3 Å². The molecule has 1 aliphatic rings. The Morgan fingerprint density at radius 2 is 1.60 bits per heavy atom. The summed E-state index contributed by atoms with van der Waals surface area (Å²) in [6.07, 6.45) is 1.74. The first-order valence-electron chi connectivity index (χ1n) is 9.63. The van der Waals surface area contributed by atoms with E-state index in [2.05, 4.69) is 19.1 Å². The lowest BCUT2D eigenvalue weighted by atomic mass is 10.1. The lowest BCUT2D eigenvalue weighted by Gasteiger charge is -2.14. The van der Waals surface area contributed by atoms with Gasteiger partial charge in [-0.05, 0) is 66.6 Å². The van der Waals surface area contributed by atoms with Gasteiger partial charge >= 0.3 is 0 Å². The number of hydrogen-bond acceptors (Lipinski definition) is 4. The van der Waals surface area contributed by atoms with Crippen molar-refractivity contribution >= 4 is 34.7 Å². The van der Waals surface area contributed by atoms with Gasteiger partial charge in [-0.25, -0.2) is 4.90 Å². The van der Waals surface area contributed by atoms with Crippen molar-refractivity contribution in [1.82, 2.24) is 0 Å². The number of nitrogens with zero attached hydrogens (tertiary/aromatic N) is 1. The molecule has 4 rings (SSSR count). The van der Waals surface area contributed by atoms with Crippen molar-refractivity contribution in [2.24, 2.45) is 0 Å². The smallest absolute Gasteiger partial charge is 0.298 e. The Labute approximate surface area is 180 Å². The third-order valence-electron chi connectivity index (χ3n) is 4.85. The molecule has 0 bridgehead atoms. The molecule has 0 atom stereocenters. The Morgan fingerprint density at radius 3 is 2.30 bits per heavy atom. The van der Waals surface area contributed by atoms with E-state index < -0.39 is 0 Å². The first kappa shape index (κ1) is 20.0. The van der Waals surface area contributed by atoms with E-state index in [1.165, 1.54) is 10.5 Å². The number of anilines is 1. The van der Waals surface area contributed by atoms with Crippen molar-refractivity contribution in [1.29, 1.82) is 0 Å². The minimum atomic E-state index is -0.293. The maximum atomic E-state index is 12.8. The Kier molecular flexibility index (Phi) is 5.72. The zero-order valence-corrected chi connectivity index (χ0v) is 17.6. The van der Waals surface area contributed by atoms with Gasteiger partial charge in [0.05, 0.1) is 10.6 Å². The van der Waals surface area contributed by atoms with E-state index in [-0.39, 0.29) is 11.1 Å². The van der Waals surface area contributed by atoms with Crippen LogP contribution < -0.4 is 9.64 Å². The maximum absolute atomic E-state index is 12.8. The molecule has 3 aromatic carbocycles. The van der Waals surface area contributed by atoms with Gasteiger partial charge in [0.15, 0.2) is 0 Å². The second kappa shape index (κ2) is 8.59. The number of aryl methyl sites for hydroxylation is 2. The number of hydrogen-bond donors (Lipinski definition) is 0. The molecule has 0 unspecified atom stereocenters. The van der Waals surface area contributed by atoms with Crippen LogP contribution in [0.4, 0.5) is 10.5 Å². The molecule has 5 heteroatoms. The fourth-order valence-corrected chi connectivity index (χ4v) is 3.99. The Balaban J connectivity index is 1.46. The van der Waals surface area contributed by atoms with Gasteiger partial charge in [0.2, 0.25) is 0 Å². The van der Waals surface area contributed by atoms with Crippen molar-refractivity contribution in [3.8, 4) is 5.75 Å². The highest BCUT2D eigenvalue weighted by Gasteiger charge is 2.36. The summed E-state index contributed by atoms with van der Waals surface area (Å²) in [6, 6.07) is 23.1. The Morgan fingerprint density at radius 1 is 0.900 bits per heavy atom. The van der Waals surface area contributed by atoms with Gasteiger partial charge in [-0.2, -0.15) is 0 Å². The lowest BCUT2D eigenvalue weighted by Crippen LogP contribution is -2.28. The van der Waals surface area contributed by atoms with E-state index >= 15 is 0 Å². The van der Waals surface area contributed by atoms with E-state index in [0.29, 0.717) is 17.2 Å². The van der Waals surface area contributed by atoms with Crippen LogP contribution in [0.25, 0.3) is 6.08 Å². The molecule has 150 valence electrons. The average Bonchev–Trinajstić information content (AvgIpc) is 3.02. The normalized spacial score (nSPS) is 15.1. The summed E-state index contributed by atoms with van der Waals surface area (Å²) in [6.45, 7) is 4.44. The monoisotopic (exact) mass is 415 g/mol. The van der Waals surface area contributed by atoms with Crippen LogP contribution in [-0.4, -0.2) is 11.1 Å². The molecule has 1 fully saturated rings. The first-order valence-corrected chi connectivity index (χ1v) is 10.4. The van der Waals surface area contributed by atoms with Crippen LogP contribution in [0.3, 0.4) is 0 Å². The minimum Gasteiger partial charge on any atom is -0.489 e. The predicted molar refractivity (Wildman–Crippen MR) is 122 cm³/mol. The molecular weight excluding hydrogens is 394 g/mol. The summed E-state index contributed by atoms with van der Waals surface area (Å²) < 4.78 is 5.83. The molecule has 3 aromatic rings. The van der Waals surface area contributed by atoms with E-state index in [9.17, 15) is 9.59 Å². The Hall–Kier alpha value is -3.31. The molecule has 0 aromatic heterocycles. The summed E-state index contributed by atoms with van der Waals surface area (Å²) in [7, 11) is 0. The van der Waals surface area contributed by atoms with Crippen molar-refractivity contribution in [3.63, 3.8) is 0 Å². The molecule has 4 nitrogen and oxygen atoms in total. The molecule has 1 aliphatic heterocycles. The summed E-state index contributed by atoms with van der Waals surface area (Å²) in [4.78, 5) is 26.9. The van der Waals surface area contributed by atoms with Gasteiger partial charge in [-0.1, -0.05) is 60.2 Å². The molecular formula is C25H21NO3S. The number of carbonyl (C=O) groups is 2.